The van der Waals surface area contributed by atoms with E-state index in [9.17, 15) is 0 Å². The van der Waals surface area contributed by atoms with E-state index in [0.29, 0.717) is 0 Å². The number of aryl methyl sites for hydroxylation is 3. The van der Waals surface area contributed by atoms with E-state index >= 15 is 0 Å². The standard InChI is InChI=1S/C20H23N5S/c1-6-15-9-8-14(10-21-15)18-17-11(3)12(4)26-20(17)25-13(5)23-24-19(25)16(7-2)22-18/h8-10,16H,6-7H2,1-5H3. The number of thiophene rings is 1. The van der Waals surface area contributed by atoms with Gasteiger partial charge in [-0.2, -0.15) is 0 Å². The van der Waals surface area contributed by atoms with Crippen LogP contribution in [0.1, 0.15) is 65.2 Å². The summed E-state index contributed by atoms with van der Waals surface area (Å²) < 4.78 is 2.19. The summed E-state index contributed by atoms with van der Waals surface area (Å²) in [5.41, 5.74) is 5.66. The molecule has 0 saturated carbocycles. The molecule has 134 valence electrons. The van der Waals surface area contributed by atoms with Crippen LogP contribution in [0.2, 0.25) is 0 Å². The monoisotopic (exact) mass is 365 g/mol. The fraction of sp³-hybridized carbons (Fsp3) is 0.400. The first-order valence-electron chi connectivity index (χ1n) is 9.10. The van der Waals surface area contributed by atoms with E-state index in [1.807, 2.05) is 13.1 Å². The molecule has 0 spiro atoms. The summed E-state index contributed by atoms with van der Waals surface area (Å²) in [6, 6.07) is 4.24. The number of aromatic nitrogens is 4. The number of hydrogen-bond donors (Lipinski definition) is 0. The molecule has 0 aromatic carbocycles. The van der Waals surface area contributed by atoms with E-state index in [0.717, 1.165) is 41.5 Å². The van der Waals surface area contributed by atoms with E-state index in [2.05, 4.69) is 59.6 Å². The molecule has 1 unspecified atom stereocenters. The lowest BCUT2D eigenvalue weighted by molar-refractivity contribution is 0.640. The van der Waals surface area contributed by atoms with Crippen molar-refractivity contribution in [3.63, 3.8) is 0 Å². The Hall–Kier alpha value is -2.34. The summed E-state index contributed by atoms with van der Waals surface area (Å²) >= 11 is 1.79. The Morgan fingerprint density at radius 2 is 1.92 bits per heavy atom. The minimum atomic E-state index is -0.00337. The molecule has 3 aromatic rings. The van der Waals surface area contributed by atoms with Crippen molar-refractivity contribution in [1.82, 2.24) is 19.7 Å². The number of fused-ring (bicyclic) bond motifs is 3. The molecule has 0 saturated heterocycles. The van der Waals surface area contributed by atoms with E-state index in [-0.39, 0.29) is 6.04 Å². The normalized spacial score (nSPS) is 16.0. The Kier molecular flexibility index (Phi) is 4.23. The zero-order valence-corrected chi connectivity index (χ0v) is 16.7. The number of nitrogens with zero attached hydrogens (tertiary/aromatic N) is 5. The van der Waals surface area contributed by atoms with Crippen LogP contribution in [0.3, 0.4) is 0 Å². The molecule has 0 fully saturated rings. The molecule has 0 N–H and O–H groups in total. The first-order valence-corrected chi connectivity index (χ1v) is 9.92. The van der Waals surface area contributed by atoms with Crippen molar-refractivity contribution in [1.29, 1.82) is 0 Å². The maximum Gasteiger partial charge on any atom is 0.163 e. The number of hydrogen-bond acceptors (Lipinski definition) is 5. The first-order chi connectivity index (χ1) is 12.5. The predicted molar refractivity (Wildman–Crippen MR) is 106 cm³/mol. The third-order valence-electron chi connectivity index (χ3n) is 5.09. The molecule has 6 heteroatoms. The molecular formula is C20H23N5S. The second-order valence-electron chi connectivity index (χ2n) is 6.70. The van der Waals surface area contributed by atoms with Crippen molar-refractivity contribution >= 4 is 17.0 Å². The van der Waals surface area contributed by atoms with Crippen LogP contribution in [-0.4, -0.2) is 25.5 Å². The van der Waals surface area contributed by atoms with Gasteiger partial charge < -0.3 is 0 Å². The molecular weight excluding hydrogens is 342 g/mol. The van der Waals surface area contributed by atoms with E-state index < -0.39 is 0 Å². The number of pyridine rings is 1. The Labute approximate surface area is 157 Å². The van der Waals surface area contributed by atoms with Crippen LogP contribution < -0.4 is 0 Å². The summed E-state index contributed by atoms with van der Waals surface area (Å²) in [6.45, 7) is 10.6. The van der Waals surface area contributed by atoms with Crippen LogP contribution in [0.25, 0.3) is 5.00 Å². The van der Waals surface area contributed by atoms with Crippen LogP contribution in [0.4, 0.5) is 0 Å². The van der Waals surface area contributed by atoms with Crippen molar-refractivity contribution in [2.24, 2.45) is 4.99 Å². The van der Waals surface area contributed by atoms with E-state index in [4.69, 9.17) is 4.99 Å². The van der Waals surface area contributed by atoms with Gasteiger partial charge in [0.25, 0.3) is 0 Å². The number of aliphatic imine (C=N–C) groups is 1. The van der Waals surface area contributed by atoms with Gasteiger partial charge in [0.1, 0.15) is 16.9 Å². The van der Waals surface area contributed by atoms with Crippen LogP contribution >= 0.6 is 11.3 Å². The van der Waals surface area contributed by atoms with Crippen molar-refractivity contribution in [2.45, 2.75) is 53.5 Å². The average Bonchev–Trinajstić information content (AvgIpc) is 3.12. The SMILES string of the molecule is CCc1ccc(C2=NC(CC)c3nnc(C)n3-c3sc(C)c(C)c32)cn1. The van der Waals surface area contributed by atoms with E-state index in [1.165, 1.54) is 21.0 Å². The van der Waals surface area contributed by atoms with Crippen LogP contribution in [0.15, 0.2) is 23.3 Å². The van der Waals surface area contributed by atoms with Gasteiger partial charge in [-0.05, 0) is 51.3 Å². The molecule has 3 aromatic heterocycles. The Morgan fingerprint density at radius 1 is 1.12 bits per heavy atom. The molecule has 4 rings (SSSR count). The molecule has 0 bridgehead atoms. The highest BCUT2D eigenvalue weighted by Gasteiger charge is 2.30. The van der Waals surface area contributed by atoms with Gasteiger partial charge in [0.2, 0.25) is 0 Å². The Bertz CT molecular complexity index is 994. The highest BCUT2D eigenvalue weighted by molar-refractivity contribution is 7.15. The molecule has 4 heterocycles. The lowest BCUT2D eigenvalue weighted by Crippen LogP contribution is -2.08. The van der Waals surface area contributed by atoms with Crippen molar-refractivity contribution in [2.75, 3.05) is 0 Å². The maximum atomic E-state index is 5.15. The fourth-order valence-electron chi connectivity index (χ4n) is 3.44. The van der Waals surface area contributed by atoms with Gasteiger partial charge in [0.05, 0.1) is 5.71 Å². The minimum Gasteiger partial charge on any atom is -0.272 e. The van der Waals surface area contributed by atoms with E-state index in [1.54, 1.807) is 11.3 Å². The molecule has 1 aliphatic heterocycles. The van der Waals surface area contributed by atoms with Crippen molar-refractivity contribution < 1.29 is 0 Å². The third-order valence-corrected chi connectivity index (χ3v) is 6.28. The predicted octanol–water partition coefficient (Wildman–Crippen LogP) is 4.51. The summed E-state index contributed by atoms with van der Waals surface area (Å²) in [5.74, 6) is 1.84. The molecule has 5 nitrogen and oxygen atoms in total. The van der Waals surface area contributed by atoms with Gasteiger partial charge in [-0.15, -0.1) is 21.5 Å². The lowest BCUT2D eigenvalue weighted by Gasteiger charge is -2.10. The first kappa shape index (κ1) is 17.1. The van der Waals surface area contributed by atoms with Gasteiger partial charge in [0, 0.05) is 27.9 Å². The zero-order chi connectivity index (χ0) is 18.4. The van der Waals surface area contributed by atoms with Gasteiger partial charge >= 0.3 is 0 Å². The van der Waals surface area contributed by atoms with Gasteiger partial charge in [-0.25, -0.2) is 0 Å². The van der Waals surface area contributed by atoms with Crippen LogP contribution in [-0.2, 0) is 6.42 Å². The molecule has 0 amide bonds. The minimum absolute atomic E-state index is 0.00337. The van der Waals surface area contributed by atoms with Crippen LogP contribution in [0, 0.1) is 20.8 Å². The topological polar surface area (TPSA) is 56.0 Å². The summed E-state index contributed by atoms with van der Waals surface area (Å²) in [5, 5.41) is 9.97. The zero-order valence-electron chi connectivity index (χ0n) is 15.9. The highest BCUT2D eigenvalue weighted by Crippen LogP contribution is 2.39. The largest absolute Gasteiger partial charge is 0.272 e. The second-order valence-corrected chi connectivity index (χ2v) is 7.90. The third kappa shape index (κ3) is 2.51. The van der Waals surface area contributed by atoms with Crippen LogP contribution in [0.5, 0.6) is 0 Å². The van der Waals surface area contributed by atoms with Crippen molar-refractivity contribution in [3.8, 4) is 5.00 Å². The van der Waals surface area contributed by atoms with Gasteiger partial charge in [0.15, 0.2) is 5.82 Å². The molecule has 1 aliphatic rings. The summed E-state index contributed by atoms with van der Waals surface area (Å²) in [6.07, 6.45) is 3.78. The summed E-state index contributed by atoms with van der Waals surface area (Å²) in [7, 11) is 0. The molecule has 0 aliphatic carbocycles. The maximum absolute atomic E-state index is 5.15. The quantitative estimate of drug-likeness (QED) is 0.686. The van der Waals surface area contributed by atoms with Gasteiger partial charge in [-0.1, -0.05) is 13.8 Å². The molecule has 26 heavy (non-hydrogen) atoms. The Morgan fingerprint density at radius 3 is 2.58 bits per heavy atom. The van der Waals surface area contributed by atoms with Crippen molar-refractivity contribution in [3.05, 3.63) is 57.2 Å². The van der Waals surface area contributed by atoms with Gasteiger partial charge in [-0.3, -0.25) is 14.5 Å². The number of rotatable bonds is 3. The smallest absolute Gasteiger partial charge is 0.163 e. The molecule has 0 radical (unpaired) electrons. The lowest BCUT2D eigenvalue weighted by atomic mass is 10.0. The average molecular weight is 366 g/mol. The molecule has 1 atom stereocenters. The fourth-order valence-corrected chi connectivity index (χ4v) is 4.65. The summed E-state index contributed by atoms with van der Waals surface area (Å²) in [4.78, 5) is 11.1. The highest BCUT2D eigenvalue weighted by atomic mass is 32.1. The Balaban J connectivity index is 2.01. The second kappa shape index (κ2) is 6.43.